The molecular weight excluding hydrogens is 192 g/mol. The molecule has 1 rings (SSSR count). The van der Waals surface area contributed by atoms with E-state index in [1.807, 2.05) is 0 Å². The molecule has 6 heteroatoms. The van der Waals surface area contributed by atoms with Crippen LogP contribution in [0.2, 0.25) is 0 Å². The van der Waals surface area contributed by atoms with E-state index in [0.717, 1.165) is 6.26 Å². The predicted molar refractivity (Wildman–Crippen MR) is 43.7 cm³/mol. The fourth-order valence-corrected chi connectivity index (χ4v) is 0.751. The van der Waals surface area contributed by atoms with Gasteiger partial charge in [0.15, 0.2) is 0 Å². The van der Waals surface area contributed by atoms with Gasteiger partial charge in [0.05, 0.1) is 24.9 Å². The van der Waals surface area contributed by atoms with Gasteiger partial charge in [0.25, 0.3) is 0 Å². The number of aliphatic carboxylic acids is 2. The summed E-state index contributed by atoms with van der Waals surface area (Å²) in [5.41, 5.74) is -0.279. The van der Waals surface area contributed by atoms with Crippen molar-refractivity contribution in [1.29, 1.82) is 0 Å². The maximum absolute atomic E-state index is 10.5. The molecule has 0 spiro atoms. The molecule has 14 heavy (non-hydrogen) atoms. The van der Waals surface area contributed by atoms with Crippen LogP contribution in [0.25, 0.3) is 0 Å². The Hall–Kier alpha value is -1.56. The van der Waals surface area contributed by atoms with Crippen molar-refractivity contribution in [2.24, 2.45) is 0 Å². The van der Waals surface area contributed by atoms with Gasteiger partial charge in [-0.2, -0.15) is 0 Å². The summed E-state index contributed by atoms with van der Waals surface area (Å²) < 4.78 is 9.66. The van der Waals surface area contributed by atoms with Gasteiger partial charge in [0, 0.05) is 0 Å². The van der Waals surface area contributed by atoms with Crippen molar-refractivity contribution in [3.05, 3.63) is 11.8 Å². The van der Waals surface area contributed by atoms with Gasteiger partial charge in [0.1, 0.15) is 12.7 Å². The zero-order valence-corrected chi connectivity index (χ0v) is 7.30. The molecule has 1 saturated heterocycles. The Labute approximate surface area is 79.7 Å². The molecule has 1 aliphatic rings. The summed E-state index contributed by atoms with van der Waals surface area (Å²) in [5, 5.41) is 16.9. The lowest BCUT2D eigenvalue weighted by Gasteiger charge is -2.00. The summed E-state index contributed by atoms with van der Waals surface area (Å²) in [5.74, 6) is -2.49. The van der Waals surface area contributed by atoms with Crippen LogP contribution in [0.1, 0.15) is 6.42 Å². The molecule has 0 aromatic carbocycles. The second-order valence-corrected chi connectivity index (χ2v) is 2.81. The van der Waals surface area contributed by atoms with E-state index in [9.17, 15) is 9.59 Å². The molecule has 0 aromatic rings. The van der Waals surface area contributed by atoms with Gasteiger partial charge in [0.2, 0.25) is 0 Å². The molecule has 1 aliphatic heterocycles. The van der Waals surface area contributed by atoms with Crippen LogP contribution < -0.4 is 0 Å². The molecule has 0 amide bonds. The lowest BCUT2D eigenvalue weighted by Crippen LogP contribution is -2.08. The van der Waals surface area contributed by atoms with Crippen LogP contribution in [0.15, 0.2) is 11.8 Å². The smallest absolute Gasteiger partial charge is 0.335 e. The van der Waals surface area contributed by atoms with Crippen LogP contribution in [0.5, 0.6) is 0 Å². The first kappa shape index (κ1) is 10.5. The highest BCUT2D eigenvalue weighted by Gasteiger charge is 2.22. The van der Waals surface area contributed by atoms with Gasteiger partial charge in [-0.05, 0) is 0 Å². The highest BCUT2D eigenvalue weighted by molar-refractivity contribution is 5.91. The fourth-order valence-electron chi connectivity index (χ4n) is 0.751. The molecule has 0 saturated carbocycles. The Morgan fingerprint density at radius 2 is 2.14 bits per heavy atom. The first-order valence-electron chi connectivity index (χ1n) is 3.97. The van der Waals surface area contributed by atoms with Crippen LogP contribution in [-0.2, 0) is 19.1 Å². The number of carboxylic acid groups (broad SMARTS) is 2. The summed E-state index contributed by atoms with van der Waals surface area (Å²) in [7, 11) is 0. The normalized spacial score (nSPS) is 20.3. The predicted octanol–water partition coefficient (Wildman–Crippen LogP) is -0.155. The van der Waals surface area contributed by atoms with Gasteiger partial charge >= 0.3 is 11.9 Å². The third-order valence-electron chi connectivity index (χ3n) is 1.53. The van der Waals surface area contributed by atoms with Crippen LogP contribution in [0.4, 0.5) is 0 Å². The molecule has 0 aliphatic carbocycles. The molecule has 0 radical (unpaired) electrons. The second-order valence-electron chi connectivity index (χ2n) is 2.81. The lowest BCUT2D eigenvalue weighted by molar-refractivity contribution is -0.139. The zero-order chi connectivity index (χ0) is 10.6. The first-order valence-corrected chi connectivity index (χ1v) is 3.97. The van der Waals surface area contributed by atoms with E-state index < -0.39 is 18.4 Å². The van der Waals surface area contributed by atoms with Crippen molar-refractivity contribution in [3.63, 3.8) is 0 Å². The minimum absolute atomic E-state index is 0.0196. The third-order valence-corrected chi connectivity index (χ3v) is 1.53. The third kappa shape index (κ3) is 3.90. The number of hydrogen-bond donors (Lipinski definition) is 2. The highest BCUT2D eigenvalue weighted by atomic mass is 16.6. The molecule has 78 valence electrons. The van der Waals surface area contributed by atoms with Gasteiger partial charge in [-0.3, -0.25) is 4.79 Å². The van der Waals surface area contributed by atoms with Crippen LogP contribution in [0, 0.1) is 0 Å². The van der Waals surface area contributed by atoms with Crippen molar-refractivity contribution in [2.45, 2.75) is 12.5 Å². The average molecular weight is 202 g/mol. The van der Waals surface area contributed by atoms with Gasteiger partial charge in [-0.15, -0.1) is 0 Å². The first-order chi connectivity index (χ1) is 6.59. The lowest BCUT2D eigenvalue weighted by atomic mass is 10.2. The van der Waals surface area contributed by atoms with Crippen LogP contribution in [0.3, 0.4) is 0 Å². The minimum atomic E-state index is -1.29. The summed E-state index contributed by atoms with van der Waals surface area (Å²) in [6.45, 7) is 0.867. The number of epoxide rings is 1. The van der Waals surface area contributed by atoms with E-state index >= 15 is 0 Å². The SMILES string of the molecule is O=C(O)CC(=COCC1CO1)C(=O)O. The summed E-state index contributed by atoms with van der Waals surface area (Å²) in [4.78, 5) is 20.7. The van der Waals surface area contributed by atoms with Gasteiger partial charge < -0.3 is 19.7 Å². The Morgan fingerprint density at radius 3 is 2.57 bits per heavy atom. The molecule has 1 fully saturated rings. The number of hydrogen-bond acceptors (Lipinski definition) is 4. The van der Waals surface area contributed by atoms with E-state index in [1.54, 1.807) is 0 Å². The molecule has 1 atom stereocenters. The molecule has 2 N–H and O–H groups in total. The second kappa shape index (κ2) is 4.61. The van der Waals surface area contributed by atoms with Crippen molar-refractivity contribution < 1.29 is 29.3 Å². The monoisotopic (exact) mass is 202 g/mol. The largest absolute Gasteiger partial charge is 0.498 e. The molecule has 1 heterocycles. The van der Waals surface area contributed by atoms with E-state index in [2.05, 4.69) is 0 Å². The van der Waals surface area contributed by atoms with Crippen molar-refractivity contribution >= 4 is 11.9 Å². The average Bonchev–Trinajstić information content (AvgIpc) is 2.85. The van der Waals surface area contributed by atoms with Crippen molar-refractivity contribution in [3.8, 4) is 0 Å². The molecule has 1 unspecified atom stereocenters. The number of carboxylic acids is 2. The summed E-state index contributed by atoms with van der Waals surface area (Å²) in [6.07, 6.45) is 0.421. The van der Waals surface area contributed by atoms with E-state index in [1.165, 1.54) is 0 Å². The molecule has 6 nitrogen and oxygen atoms in total. The topological polar surface area (TPSA) is 96.4 Å². The van der Waals surface area contributed by atoms with Crippen molar-refractivity contribution in [2.75, 3.05) is 13.2 Å². The quantitative estimate of drug-likeness (QED) is 0.353. The van der Waals surface area contributed by atoms with Crippen LogP contribution >= 0.6 is 0 Å². The Balaban J connectivity index is 2.38. The molecular formula is C8H10O6. The summed E-state index contributed by atoms with van der Waals surface area (Å²) >= 11 is 0. The fraction of sp³-hybridized carbons (Fsp3) is 0.500. The maximum Gasteiger partial charge on any atom is 0.335 e. The van der Waals surface area contributed by atoms with Crippen LogP contribution in [-0.4, -0.2) is 41.5 Å². The summed E-state index contributed by atoms with van der Waals surface area (Å²) in [6, 6.07) is 0. The number of rotatable bonds is 6. The van der Waals surface area contributed by atoms with E-state index in [4.69, 9.17) is 19.7 Å². The highest BCUT2D eigenvalue weighted by Crippen LogP contribution is 2.10. The maximum atomic E-state index is 10.5. The molecule has 0 bridgehead atoms. The molecule has 0 aromatic heterocycles. The van der Waals surface area contributed by atoms with Gasteiger partial charge in [-0.1, -0.05) is 0 Å². The van der Waals surface area contributed by atoms with E-state index in [-0.39, 0.29) is 18.3 Å². The Kier molecular flexibility index (Phi) is 3.47. The standard InChI is InChI=1S/C8H10O6/c9-7(10)1-5(8(11)12)2-13-3-6-4-14-6/h2,6H,1,3-4H2,(H,9,10)(H,11,12). The minimum Gasteiger partial charge on any atom is -0.498 e. The number of carbonyl (C=O) groups is 2. The Bertz CT molecular complexity index is 265. The van der Waals surface area contributed by atoms with Crippen molar-refractivity contribution in [1.82, 2.24) is 0 Å². The number of ether oxygens (including phenoxy) is 2. The Morgan fingerprint density at radius 1 is 1.50 bits per heavy atom. The van der Waals surface area contributed by atoms with E-state index in [0.29, 0.717) is 6.61 Å². The zero-order valence-electron chi connectivity index (χ0n) is 7.30. The van der Waals surface area contributed by atoms with Gasteiger partial charge in [-0.25, -0.2) is 4.79 Å².